The summed E-state index contributed by atoms with van der Waals surface area (Å²) in [5, 5.41) is 0.200. The van der Waals surface area contributed by atoms with E-state index < -0.39 is 0 Å². The number of thioether (sulfide) groups is 1. The van der Waals surface area contributed by atoms with Gasteiger partial charge >= 0.3 is 0 Å². The summed E-state index contributed by atoms with van der Waals surface area (Å²) in [5.41, 5.74) is 2.68. The van der Waals surface area contributed by atoms with Crippen LogP contribution in [0.25, 0.3) is 6.08 Å². The lowest BCUT2D eigenvalue weighted by atomic mass is 10.0. The van der Waals surface area contributed by atoms with Crippen LogP contribution in [0.5, 0.6) is 0 Å². The third-order valence-electron chi connectivity index (χ3n) is 3.20. The van der Waals surface area contributed by atoms with E-state index in [4.69, 9.17) is 0 Å². The lowest BCUT2D eigenvalue weighted by molar-refractivity contribution is -0.109. The maximum atomic E-state index is 10.8. The number of benzene rings is 1. The topological polar surface area (TPSA) is 17.1 Å². The first-order valence-electron chi connectivity index (χ1n) is 7.61. The number of unbranched alkanes of at least 4 members (excludes halogenated alkanes) is 3. The summed E-state index contributed by atoms with van der Waals surface area (Å²) in [4.78, 5) is 10.8. The molecule has 20 heavy (non-hydrogen) atoms. The first kappa shape index (κ1) is 17.0. The van der Waals surface area contributed by atoms with Gasteiger partial charge in [0.15, 0.2) is 5.12 Å². The fourth-order valence-electron chi connectivity index (χ4n) is 2.04. The third-order valence-corrected chi connectivity index (χ3v) is 4.05. The molecule has 0 saturated heterocycles. The smallest absolute Gasteiger partial charge is 0.185 e. The van der Waals surface area contributed by atoms with Gasteiger partial charge in [0.1, 0.15) is 0 Å². The Morgan fingerprint density at radius 2 is 1.90 bits per heavy atom. The van der Waals surface area contributed by atoms with Gasteiger partial charge in [-0.3, -0.25) is 4.79 Å². The van der Waals surface area contributed by atoms with Crippen LogP contribution in [-0.4, -0.2) is 10.9 Å². The molecule has 0 spiro atoms. The molecule has 110 valence electrons. The molecule has 2 heteroatoms. The SMILES string of the molecule is CCCCCCc1ccc(C=CCCSC(C)=O)cc1. The van der Waals surface area contributed by atoms with Crippen molar-refractivity contribution in [3.63, 3.8) is 0 Å². The van der Waals surface area contributed by atoms with Crippen LogP contribution >= 0.6 is 11.8 Å². The maximum Gasteiger partial charge on any atom is 0.185 e. The molecule has 0 saturated carbocycles. The number of hydrogen-bond donors (Lipinski definition) is 0. The van der Waals surface area contributed by atoms with Crippen molar-refractivity contribution in [2.24, 2.45) is 0 Å². The fraction of sp³-hybridized carbons (Fsp3) is 0.500. The molecule has 0 heterocycles. The second-order valence-corrected chi connectivity index (χ2v) is 6.36. The summed E-state index contributed by atoms with van der Waals surface area (Å²) >= 11 is 1.39. The van der Waals surface area contributed by atoms with Crippen molar-refractivity contribution in [1.82, 2.24) is 0 Å². The van der Waals surface area contributed by atoms with Gasteiger partial charge in [0, 0.05) is 12.7 Å². The van der Waals surface area contributed by atoms with E-state index in [2.05, 4.69) is 43.3 Å². The molecule has 0 N–H and O–H groups in total. The molecule has 0 fully saturated rings. The second-order valence-electron chi connectivity index (χ2n) is 5.08. The molecule has 0 aromatic heterocycles. The molecule has 0 atom stereocenters. The predicted octanol–water partition coefficient (Wildman–Crippen LogP) is 5.49. The highest BCUT2D eigenvalue weighted by Crippen LogP contribution is 2.11. The Bertz CT molecular complexity index is 406. The lowest BCUT2D eigenvalue weighted by Gasteiger charge is -2.02. The zero-order chi connectivity index (χ0) is 14.6. The number of carbonyl (C=O) groups is 1. The summed E-state index contributed by atoms with van der Waals surface area (Å²) in [5.74, 6) is 0.876. The van der Waals surface area contributed by atoms with Gasteiger partial charge in [-0.1, -0.05) is 74.4 Å². The molecule has 0 bridgehead atoms. The number of allylic oxidation sites excluding steroid dienone is 1. The van der Waals surface area contributed by atoms with Crippen LogP contribution in [0.4, 0.5) is 0 Å². The van der Waals surface area contributed by atoms with E-state index in [0.717, 1.165) is 12.2 Å². The number of hydrogen-bond acceptors (Lipinski definition) is 2. The van der Waals surface area contributed by atoms with Crippen molar-refractivity contribution >= 4 is 23.0 Å². The standard InChI is InChI=1S/C18H26OS/c1-3-4-5-6-9-17-11-13-18(14-12-17)10-7-8-15-20-16(2)19/h7,10-14H,3-6,8-9,15H2,1-2H3. The monoisotopic (exact) mass is 290 g/mol. The molecule has 0 unspecified atom stereocenters. The molecule has 1 rings (SSSR count). The minimum atomic E-state index is 0.200. The first-order valence-corrected chi connectivity index (χ1v) is 8.59. The van der Waals surface area contributed by atoms with Gasteiger partial charge < -0.3 is 0 Å². The fourth-order valence-corrected chi connectivity index (χ4v) is 2.58. The van der Waals surface area contributed by atoms with Crippen molar-refractivity contribution in [1.29, 1.82) is 0 Å². The molecule has 0 aliphatic rings. The molecule has 0 aliphatic heterocycles. The van der Waals surface area contributed by atoms with Crippen LogP contribution in [0.1, 0.15) is 57.1 Å². The molecular formula is C18H26OS. The van der Waals surface area contributed by atoms with Gasteiger partial charge in [-0.15, -0.1) is 0 Å². The summed E-state index contributed by atoms with van der Waals surface area (Å²) in [6, 6.07) is 8.83. The largest absolute Gasteiger partial charge is 0.288 e. The zero-order valence-electron chi connectivity index (χ0n) is 12.7. The van der Waals surface area contributed by atoms with Crippen LogP contribution < -0.4 is 0 Å². The Morgan fingerprint density at radius 3 is 2.55 bits per heavy atom. The Balaban J connectivity index is 2.27. The molecule has 1 nitrogen and oxygen atoms in total. The number of carbonyl (C=O) groups excluding carboxylic acids is 1. The summed E-state index contributed by atoms with van der Waals surface area (Å²) in [7, 11) is 0. The Hall–Kier alpha value is -1.02. The normalized spacial score (nSPS) is 11.1. The van der Waals surface area contributed by atoms with Gasteiger partial charge in [0.25, 0.3) is 0 Å². The van der Waals surface area contributed by atoms with Crippen molar-refractivity contribution in [2.75, 3.05) is 5.75 Å². The minimum absolute atomic E-state index is 0.200. The summed E-state index contributed by atoms with van der Waals surface area (Å²) in [6.45, 7) is 3.86. The van der Waals surface area contributed by atoms with Crippen molar-refractivity contribution in [3.05, 3.63) is 41.5 Å². The lowest BCUT2D eigenvalue weighted by Crippen LogP contribution is -1.86. The molecule has 1 aromatic carbocycles. The van der Waals surface area contributed by atoms with Crippen LogP contribution in [0.3, 0.4) is 0 Å². The molecule has 0 radical (unpaired) electrons. The van der Waals surface area contributed by atoms with Crippen LogP contribution in [0.15, 0.2) is 30.3 Å². The van der Waals surface area contributed by atoms with Crippen LogP contribution in [0, 0.1) is 0 Å². The van der Waals surface area contributed by atoms with Crippen molar-refractivity contribution in [2.45, 2.75) is 52.4 Å². The van der Waals surface area contributed by atoms with E-state index in [1.807, 2.05) is 0 Å². The minimum Gasteiger partial charge on any atom is -0.288 e. The van der Waals surface area contributed by atoms with E-state index in [1.165, 1.54) is 55.0 Å². The highest BCUT2D eigenvalue weighted by Gasteiger charge is 1.94. The van der Waals surface area contributed by atoms with E-state index in [-0.39, 0.29) is 5.12 Å². The molecule has 0 amide bonds. The summed E-state index contributed by atoms with van der Waals surface area (Å²) in [6.07, 6.45) is 11.7. The van der Waals surface area contributed by atoms with Crippen molar-refractivity contribution < 1.29 is 4.79 Å². The quantitative estimate of drug-likeness (QED) is 0.559. The number of aryl methyl sites for hydroxylation is 1. The van der Waals surface area contributed by atoms with Crippen LogP contribution in [0.2, 0.25) is 0 Å². The Labute approximate surface area is 127 Å². The predicted molar refractivity (Wildman–Crippen MR) is 91.1 cm³/mol. The number of rotatable bonds is 9. The van der Waals surface area contributed by atoms with E-state index in [9.17, 15) is 4.79 Å². The first-order chi connectivity index (χ1) is 9.72. The van der Waals surface area contributed by atoms with Gasteiger partial charge in [-0.25, -0.2) is 0 Å². The van der Waals surface area contributed by atoms with Gasteiger partial charge in [0.2, 0.25) is 0 Å². The molecule has 0 aliphatic carbocycles. The highest BCUT2D eigenvalue weighted by atomic mass is 32.2. The zero-order valence-corrected chi connectivity index (χ0v) is 13.5. The third kappa shape index (κ3) is 8.21. The molecular weight excluding hydrogens is 264 g/mol. The second kappa shape index (κ2) is 10.7. The Morgan fingerprint density at radius 1 is 1.15 bits per heavy atom. The van der Waals surface area contributed by atoms with E-state index in [1.54, 1.807) is 6.92 Å². The van der Waals surface area contributed by atoms with Gasteiger partial charge in [0.05, 0.1) is 0 Å². The average molecular weight is 290 g/mol. The van der Waals surface area contributed by atoms with E-state index >= 15 is 0 Å². The van der Waals surface area contributed by atoms with Gasteiger partial charge in [-0.2, -0.15) is 0 Å². The average Bonchev–Trinajstić information content (AvgIpc) is 2.44. The Kier molecular flexibility index (Phi) is 9.14. The summed E-state index contributed by atoms with van der Waals surface area (Å²) < 4.78 is 0. The molecule has 1 aromatic rings. The highest BCUT2D eigenvalue weighted by molar-refractivity contribution is 8.13. The van der Waals surface area contributed by atoms with Crippen LogP contribution in [-0.2, 0) is 11.2 Å². The van der Waals surface area contributed by atoms with E-state index in [0.29, 0.717) is 0 Å². The maximum absolute atomic E-state index is 10.8. The van der Waals surface area contributed by atoms with Crippen molar-refractivity contribution in [3.8, 4) is 0 Å². The van der Waals surface area contributed by atoms with Gasteiger partial charge in [-0.05, 0) is 30.4 Å².